The lowest BCUT2D eigenvalue weighted by Crippen LogP contribution is -2.21. The maximum atomic E-state index is 11.6. The molecule has 0 bridgehead atoms. The lowest BCUT2D eigenvalue weighted by molar-refractivity contribution is -0.385. The molecule has 3 aromatic rings. The van der Waals surface area contributed by atoms with Gasteiger partial charge in [0.2, 0.25) is 5.88 Å². The smallest absolute Gasteiger partial charge is 0.273 e. The Bertz CT molecular complexity index is 1130. The first-order valence-corrected chi connectivity index (χ1v) is 7.94. The first-order chi connectivity index (χ1) is 12.6. The molecule has 0 radical (unpaired) electrons. The van der Waals surface area contributed by atoms with Gasteiger partial charge in [0.25, 0.3) is 5.69 Å². The van der Waals surface area contributed by atoms with Crippen molar-refractivity contribution >= 4 is 16.5 Å². The Balaban J connectivity index is 2.10. The van der Waals surface area contributed by atoms with E-state index in [9.17, 15) is 15.4 Å². The lowest BCUT2D eigenvalue weighted by Gasteiger charge is -2.27. The van der Waals surface area contributed by atoms with Crippen LogP contribution in [0.25, 0.3) is 10.8 Å². The zero-order valence-corrected chi connectivity index (χ0v) is 13.5. The van der Waals surface area contributed by atoms with Gasteiger partial charge in [0.1, 0.15) is 17.4 Å². The highest BCUT2D eigenvalue weighted by Crippen LogP contribution is 2.47. The maximum absolute atomic E-state index is 11.6. The molecule has 6 nitrogen and oxygen atoms in total. The Labute approximate surface area is 148 Å². The fourth-order valence-corrected chi connectivity index (χ4v) is 3.45. The number of ether oxygens (including phenoxy) is 1. The number of nitrogens with zero attached hydrogens (tertiary/aromatic N) is 2. The second kappa shape index (κ2) is 5.90. The van der Waals surface area contributed by atoms with Crippen LogP contribution in [0.3, 0.4) is 0 Å². The summed E-state index contributed by atoms with van der Waals surface area (Å²) in [7, 11) is 0. The molecule has 0 aromatic heterocycles. The summed E-state index contributed by atoms with van der Waals surface area (Å²) in [6.45, 7) is 0. The molecule has 1 aliphatic heterocycles. The van der Waals surface area contributed by atoms with Gasteiger partial charge in [0, 0.05) is 17.2 Å². The molecule has 4 rings (SSSR count). The van der Waals surface area contributed by atoms with Crippen LogP contribution >= 0.6 is 0 Å². The van der Waals surface area contributed by atoms with Gasteiger partial charge in [-0.25, -0.2) is 0 Å². The molecule has 126 valence electrons. The van der Waals surface area contributed by atoms with Crippen LogP contribution in [0.5, 0.6) is 5.75 Å². The van der Waals surface area contributed by atoms with E-state index in [2.05, 4.69) is 6.07 Å². The van der Waals surface area contributed by atoms with E-state index in [0.29, 0.717) is 16.9 Å². The predicted molar refractivity (Wildman–Crippen MR) is 96.3 cm³/mol. The molecule has 1 aliphatic rings. The molecule has 3 aromatic carbocycles. The normalized spacial score (nSPS) is 15.9. The molecule has 1 heterocycles. The van der Waals surface area contributed by atoms with E-state index in [4.69, 9.17) is 10.5 Å². The van der Waals surface area contributed by atoms with Crippen molar-refractivity contribution in [2.24, 2.45) is 5.73 Å². The Hall–Kier alpha value is -3.85. The van der Waals surface area contributed by atoms with E-state index in [-0.39, 0.29) is 17.1 Å². The molecule has 0 saturated carbocycles. The fraction of sp³-hybridized carbons (Fsp3) is 0.0500. The van der Waals surface area contributed by atoms with Gasteiger partial charge in [0.15, 0.2) is 0 Å². The first-order valence-electron chi connectivity index (χ1n) is 7.94. The summed E-state index contributed by atoms with van der Waals surface area (Å²) in [5.41, 5.74) is 7.21. The van der Waals surface area contributed by atoms with Gasteiger partial charge in [-0.1, -0.05) is 48.5 Å². The Morgan fingerprint density at radius 3 is 2.58 bits per heavy atom. The van der Waals surface area contributed by atoms with Crippen molar-refractivity contribution in [1.82, 2.24) is 0 Å². The number of para-hydroxylation sites is 1. The van der Waals surface area contributed by atoms with Gasteiger partial charge in [-0.2, -0.15) is 5.26 Å². The average molecular weight is 343 g/mol. The van der Waals surface area contributed by atoms with Crippen molar-refractivity contribution in [3.05, 3.63) is 93.4 Å². The molecular formula is C20H13N3O3. The molecule has 2 N–H and O–H groups in total. The van der Waals surface area contributed by atoms with Crippen LogP contribution in [0.4, 0.5) is 5.69 Å². The van der Waals surface area contributed by atoms with Crippen molar-refractivity contribution < 1.29 is 9.66 Å². The maximum Gasteiger partial charge on any atom is 0.273 e. The van der Waals surface area contributed by atoms with Gasteiger partial charge in [-0.3, -0.25) is 10.1 Å². The second-order valence-corrected chi connectivity index (χ2v) is 5.94. The standard InChI is InChI=1S/C20H13N3O3/c21-11-15-18(14-7-3-4-8-16(14)23(24)25)19-13-6-2-1-5-12(13)9-10-17(19)26-20(15)22/h1-10,18H,22H2/t18-/m1/s1. The van der Waals surface area contributed by atoms with E-state index in [0.717, 1.165) is 10.8 Å². The van der Waals surface area contributed by atoms with Gasteiger partial charge in [0.05, 0.1) is 10.8 Å². The summed E-state index contributed by atoms with van der Waals surface area (Å²) in [6.07, 6.45) is 0. The Morgan fingerprint density at radius 2 is 1.81 bits per heavy atom. The zero-order chi connectivity index (χ0) is 18.3. The number of fused-ring (bicyclic) bond motifs is 3. The zero-order valence-electron chi connectivity index (χ0n) is 13.5. The third-order valence-corrected chi connectivity index (χ3v) is 4.56. The molecule has 26 heavy (non-hydrogen) atoms. The SMILES string of the molecule is N#CC1=C(N)Oc2ccc3ccccc3c2[C@@H]1c1ccccc1[N+](=O)[O-]. The number of allylic oxidation sites excluding steroid dienone is 1. The summed E-state index contributed by atoms with van der Waals surface area (Å²) in [5, 5.41) is 23.1. The molecule has 0 saturated heterocycles. The molecule has 6 heteroatoms. The minimum atomic E-state index is -0.670. The van der Waals surface area contributed by atoms with Crippen LogP contribution in [0.2, 0.25) is 0 Å². The van der Waals surface area contributed by atoms with Crippen molar-refractivity contribution in [2.45, 2.75) is 5.92 Å². The molecule has 0 fully saturated rings. The van der Waals surface area contributed by atoms with Gasteiger partial charge >= 0.3 is 0 Å². The van der Waals surface area contributed by atoms with Crippen molar-refractivity contribution in [3.63, 3.8) is 0 Å². The van der Waals surface area contributed by atoms with Gasteiger partial charge < -0.3 is 10.5 Å². The average Bonchev–Trinajstić information content (AvgIpc) is 2.66. The number of benzene rings is 3. The number of nitrogens with two attached hydrogens (primary N) is 1. The van der Waals surface area contributed by atoms with Gasteiger partial charge in [-0.15, -0.1) is 0 Å². The number of nitro groups is 1. The van der Waals surface area contributed by atoms with Crippen molar-refractivity contribution in [1.29, 1.82) is 5.26 Å². The van der Waals surface area contributed by atoms with Crippen LogP contribution < -0.4 is 10.5 Å². The molecular weight excluding hydrogens is 330 g/mol. The summed E-state index contributed by atoms with van der Waals surface area (Å²) in [6, 6.07) is 19.8. The summed E-state index contributed by atoms with van der Waals surface area (Å²) < 4.78 is 5.66. The van der Waals surface area contributed by atoms with Crippen LogP contribution in [0.1, 0.15) is 17.0 Å². The minimum Gasteiger partial charge on any atom is -0.440 e. The molecule has 0 spiro atoms. The summed E-state index contributed by atoms with van der Waals surface area (Å²) in [5.74, 6) is -0.196. The highest BCUT2D eigenvalue weighted by Gasteiger charge is 2.35. The minimum absolute atomic E-state index is 0.0292. The molecule has 0 amide bonds. The number of rotatable bonds is 2. The van der Waals surface area contributed by atoms with Crippen LogP contribution in [0.15, 0.2) is 72.1 Å². The molecule has 0 aliphatic carbocycles. The second-order valence-electron chi connectivity index (χ2n) is 5.94. The van der Waals surface area contributed by atoms with E-state index in [1.807, 2.05) is 30.3 Å². The van der Waals surface area contributed by atoms with E-state index < -0.39 is 10.8 Å². The first kappa shape index (κ1) is 15.7. The Kier molecular flexibility index (Phi) is 3.55. The fourth-order valence-electron chi connectivity index (χ4n) is 3.45. The van der Waals surface area contributed by atoms with Crippen molar-refractivity contribution in [2.75, 3.05) is 0 Å². The largest absolute Gasteiger partial charge is 0.440 e. The number of hydrogen-bond acceptors (Lipinski definition) is 5. The highest BCUT2D eigenvalue weighted by atomic mass is 16.6. The topological polar surface area (TPSA) is 102 Å². The Morgan fingerprint density at radius 1 is 1.08 bits per heavy atom. The monoisotopic (exact) mass is 343 g/mol. The molecule has 1 atom stereocenters. The van der Waals surface area contributed by atoms with Crippen LogP contribution in [-0.4, -0.2) is 4.92 Å². The number of nitro benzene ring substituents is 1. The van der Waals surface area contributed by atoms with Crippen LogP contribution in [-0.2, 0) is 0 Å². The van der Waals surface area contributed by atoms with E-state index in [1.165, 1.54) is 6.07 Å². The highest BCUT2D eigenvalue weighted by molar-refractivity contribution is 5.90. The summed E-state index contributed by atoms with van der Waals surface area (Å²) >= 11 is 0. The van der Waals surface area contributed by atoms with E-state index in [1.54, 1.807) is 24.3 Å². The predicted octanol–water partition coefficient (Wildman–Crippen LogP) is 3.97. The number of nitriles is 1. The summed E-state index contributed by atoms with van der Waals surface area (Å²) in [4.78, 5) is 11.1. The molecule has 0 unspecified atom stereocenters. The van der Waals surface area contributed by atoms with Gasteiger partial charge in [-0.05, 0) is 16.8 Å². The van der Waals surface area contributed by atoms with E-state index >= 15 is 0 Å². The number of hydrogen-bond donors (Lipinski definition) is 1. The third kappa shape index (κ3) is 2.26. The lowest BCUT2D eigenvalue weighted by atomic mass is 9.80. The van der Waals surface area contributed by atoms with Crippen LogP contribution in [0, 0.1) is 21.4 Å². The van der Waals surface area contributed by atoms with Crippen molar-refractivity contribution in [3.8, 4) is 11.8 Å². The quantitative estimate of drug-likeness (QED) is 0.560. The third-order valence-electron chi connectivity index (χ3n) is 4.56.